The summed E-state index contributed by atoms with van der Waals surface area (Å²) in [7, 11) is 0. The second kappa shape index (κ2) is 9.46. The largest absolute Gasteiger partial charge is 0.494 e. The van der Waals surface area contributed by atoms with Gasteiger partial charge in [-0.15, -0.1) is 0 Å². The van der Waals surface area contributed by atoms with Crippen molar-refractivity contribution in [3.05, 3.63) is 94.4 Å². The van der Waals surface area contributed by atoms with Gasteiger partial charge in [-0.25, -0.2) is 9.29 Å². The van der Waals surface area contributed by atoms with Crippen LogP contribution < -0.4 is 15.0 Å². The van der Waals surface area contributed by atoms with E-state index in [2.05, 4.69) is 5.32 Å². The Morgan fingerprint density at radius 1 is 1.00 bits per heavy atom. The Kier molecular flexibility index (Phi) is 6.47. The minimum absolute atomic E-state index is 0.108. The van der Waals surface area contributed by atoms with Crippen LogP contribution in [0.1, 0.15) is 24.5 Å². The van der Waals surface area contributed by atoms with E-state index in [1.807, 2.05) is 13.8 Å². The van der Waals surface area contributed by atoms with Gasteiger partial charge in [0.25, 0.3) is 11.8 Å². The van der Waals surface area contributed by atoms with Crippen molar-refractivity contribution in [3.63, 3.8) is 0 Å². The van der Waals surface area contributed by atoms with Crippen LogP contribution in [0.2, 0.25) is 5.02 Å². The third kappa shape index (κ3) is 4.61. The summed E-state index contributed by atoms with van der Waals surface area (Å²) in [6, 6.07) is 17.5. The molecule has 3 aromatic rings. The van der Waals surface area contributed by atoms with Gasteiger partial charge in [0.1, 0.15) is 17.3 Å². The van der Waals surface area contributed by atoms with Gasteiger partial charge in [0.15, 0.2) is 0 Å². The molecule has 2 amide bonds. The van der Waals surface area contributed by atoms with Gasteiger partial charge in [-0.05, 0) is 66.9 Å². The first-order chi connectivity index (χ1) is 15.9. The topological polar surface area (TPSA) is 58.6 Å². The van der Waals surface area contributed by atoms with Crippen molar-refractivity contribution in [3.8, 4) is 5.75 Å². The van der Waals surface area contributed by atoms with Crippen LogP contribution in [0.4, 0.5) is 15.8 Å². The highest BCUT2D eigenvalue weighted by Crippen LogP contribution is 2.35. The molecule has 1 N–H and O–H groups in total. The van der Waals surface area contributed by atoms with E-state index in [1.54, 1.807) is 42.5 Å². The van der Waals surface area contributed by atoms with Crippen LogP contribution in [0.25, 0.3) is 5.57 Å². The standard InChI is InChI=1S/C26H22ClFN2O3/c1-3-13-33-21-6-4-5-20(15-21)30-25(31)23(17-7-10-19(28)11-8-17)24(26(30)32)29-22-12-9-18(27)14-16(22)2/h4-12,14-15,29H,3,13H2,1-2H3. The molecule has 33 heavy (non-hydrogen) atoms. The number of halogens is 2. The van der Waals surface area contributed by atoms with Crippen molar-refractivity contribution in [2.24, 2.45) is 0 Å². The Labute approximate surface area is 196 Å². The van der Waals surface area contributed by atoms with E-state index in [-0.39, 0.29) is 11.3 Å². The van der Waals surface area contributed by atoms with Gasteiger partial charge >= 0.3 is 0 Å². The zero-order valence-electron chi connectivity index (χ0n) is 18.2. The van der Waals surface area contributed by atoms with Crippen molar-refractivity contribution in [1.82, 2.24) is 0 Å². The van der Waals surface area contributed by atoms with Crippen LogP contribution in [0.5, 0.6) is 5.75 Å². The van der Waals surface area contributed by atoms with Gasteiger partial charge < -0.3 is 10.1 Å². The van der Waals surface area contributed by atoms with Crippen molar-refractivity contribution >= 4 is 40.4 Å². The van der Waals surface area contributed by atoms with E-state index < -0.39 is 17.6 Å². The normalized spacial score (nSPS) is 13.6. The van der Waals surface area contributed by atoms with Crippen molar-refractivity contribution in [2.45, 2.75) is 20.3 Å². The molecule has 0 unspecified atom stereocenters. The molecule has 3 aromatic carbocycles. The lowest BCUT2D eigenvalue weighted by molar-refractivity contribution is -0.120. The van der Waals surface area contributed by atoms with E-state index in [0.29, 0.717) is 34.3 Å². The van der Waals surface area contributed by atoms with Crippen LogP contribution in [0, 0.1) is 12.7 Å². The number of ether oxygens (including phenoxy) is 1. The van der Waals surface area contributed by atoms with Gasteiger partial charge in [-0.1, -0.05) is 36.7 Å². The molecular formula is C26H22ClFN2O3. The molecule has 4 rings (SSSR count). The predicted molar refractivity (Wildman–Crippen MR) is 128 cm³/mol. The highest BCUT2D eigenvalue weighted by molar-refractivity contribution is 6.46. The molecule has 1 aliphatic heterocycles. The Bertz CT molecular complexity index is 1250. The SMILES string of the molecule is CCCOc1cccc(N2C(=O)C(Nc3ccc(Cl)cc3C)=C(c3ccc(F)cc3)C2=O)c1. The third-order valence-corrected chi connectivity index (χ3v) is 5.45. The lowest BCUT2D eigenvalue weighted by atomic mass is 10.0. The number of carbonyl (C=O) groups is 2. The molecule has 0 radical (unpaired) electrons. The molecule has 0 bridgehead atoms. The van der Waals surface area contributed by atoms with Crippen molar-refractivity contribution in [2.75, 3.05) is 16.8 Å². The summed E-state index contributed by atoms with van der Waals surface area (Å²) in [6.45, 7) is 4.36. The van der Waals surface area contributed by atoms with Gasteiger partial charge in [-0.2, -0.15) is 0 Å². The Morgan fingerprint density at radius 3 is 2.45 bits per heavy atom. The molecule has 0 spiro atoms. The molecular weight excluding hydrogens is 443 g/mol. The van der Waals surface area contributed by atoms with Gasteiger partial charge in [0.2, 0.25) is 0 Å². The number of nitrogens with zero attached hydrogens (tertiary/aromatic N) is 1. The fourth-order valence-corrected chi connectivity index (χ4v) is 3.83. The van der Waals surface area contributed by atoms with E-state index in [0.717, 1.165) is 16.9 Å². The fourth-order valence-electron chi connectivity index (χ4n) is 3.60. The smallest absolute Gasteiger partial charge is 0.282 e. The number of imide groups is 1. The summed E-state index contributed by atoms with van der Waals surface area (Å²) in [4.78, 5) is 28.1. The lowest BCUT2D eigenvalue weighted by Crippen LogP contribution is -2.32. The highest BCUT2D eigenvalue weighted by Gasteiger charge is 2.40. The first-order valence-electron chi connectivity index (χ1n) is 10.5. The number of benzene rings is 3. The molecule has 7 heteroatoms. The highest BCUT2D eigenvalue weighted by atomic mass is 35.5. The summed E-state index contributed by atoms with van der Waals surface area (Å²) in [5.41, 5.74) is 2.54. The summed E-state index contributed by atoms with van der Waals surface area (Å²) in [5, 5.41) is 3.67. The maximum absolute atomic E-state index is 13.5. The predicted octanol–water partition coefficient (Wildman–Crippen LogP) is 5.97. The first kappa shape index (κ1) is 22.6. The van der Waals surface area contributed by atoms with Crippen LogP contribution in [-0.4, -0.2) is 18.4 Å². The molecule has 0 aliphatic carbocycles. The van der Waals surface area contributed by atoms with Gasteiger partial charge in [0, 0.05) is 16.8 Å². The Morgan fingerprint density at radius 2 is 1.76 bits per heavy atom. The number of nitrogens with one attached hydrogen (secondary N) is 1. The van der Waals surface area contributed by atoms with Crippen LogP contribution in [-0.2, 0) is 9.59 Å². The maximum Gasteiger partial charge on any atom is 0.282 e. The third-order valence-electron chi connectivity index (χ3n) is 5.21. The summed E-state index contributed by atoms with van der Waals surface area (Å²) < 4.78 is 19.2. The number of amides is 2. The minimum Gasteiger partial charge on any atom is -0.494 e. The van der Waals surface area contributed by atoms with E-state index in [9.17, 15) is 14.0 Å². The maximum atomic E-state index is 13.5. The zero-order valence-corrected chi connectivity index (χ0v) is 18.9. The number of hydrogen-bond acceptors (Lipinski definition) is 4. The molecule has 0 fully saturated rings. The molecule has 0 saturated carbocycles. The molecule has 5 nitrogen and oxygen atoms in total. The number of anilines is 2. The number of hydrogen-bond donors (Lipinski definition) is 1. The number of aryl methyl sites for hydroxylation is 1. The molecule has 0 atom stereocenters. The zero-order chi connectivity index (χ0) is 23.5. The minimum atomic E-state index is -0.513. The second-order valence-electron chi connectivity index (χ2n) is 7.63. The van der Waals surface area contributed by atoms with Crippen LogP contribution in [0.3, 0.4) is 0 Å². The number of rotatable bonds is 7. The summed E-state index contributed by atoms with van der Waals surface area (Å²) in [5.74, 6) is -0.889. The first-order valence-corrected chi connectivity index (χ1v) is 10.9. The van der Waals surface area contributed by atoms with Crippen LogP contribution in [0.15, 0.2) is 72.4 Å². The summed E-state index contributed by atoms with van der Waals surface area (Å²) >= 11 is 6.06. The van der Waals surface area contributed by atoms with E-state index in [1.165, 1.54) is 24.3 Å². The molecule has 1 heterocycles. The van der Waals surface area contributed by atoms with Crippen LogP contribution >= 0.6 is 11.6 Å². The average Bonchev–Trinajstić information content (AvgIpc) is 3.04. The van der Waals surface area contributed by atoms with E-state index in [4.69, 9.17) is 16.3 Å². The monoisotopic (exact) mass is 464 g/mol. The average molecular weight is 465 g/mol. The molecule has 168 valence electrons. The lowest BCUT2D eigenvalue weighted by Gasteiger charge is -2.17. The van der Waals surface area contributed by atoms with Crippen molar-refractivity contribution < 1.29 is 18.7 Å². The molecule has 1 aliphatic rings. The molecule has 0 saturated heterocycles. The summed E-state index contributed by atoms with van der Waals surface area (Å²) in [6.07, 6.45) is 0.830. The fraction of sp³-hybridized carbons (Fsp3) is 0.154. The molecule has 0 aromatic heterocycles. The van der Waals surface area contributed by atoms with Gasteiger partial charge in [0.05, 0.1) is 17.9 Å². The van der Waals surface area contributed by atoms with E-state index >= 15 is 0 Å². The van der Waals surface area contributed by atoms with Gasteiger partial charge in [-0.3, -0.25) is 9.59 Å². The Hall–Kier alpha value is -3.64. The number of carbonyl (C=O) groups excluding carboxylic acids is 2. The van der Waals surface area contributed by atoms with Crippen molar-refractivity contribution in [1.29, 1.82) is 0 Å². The Balaban J connectivity index is 1.78. The second-order valence-corrected chi connectivity index (χ2v) is 8.07. The quantitative estimate of drug-likeness (QED) is 0.437.